The molecule has 2 aromatic rings. The molecule has 0 spiro atoms. The first-order chi connectivity index (χ1) is 10.0. The number of hydrogen-bond acceptors (Lipinski definition) is 4. The molecule has 1 heterocycles. The van der Waals surface area contributed by atoms with E-state index in [9.17, 15) is 5.11 Å². The van der Waals surface area contributed by atoms with Gasteiger partial charge in [-0.2, -0.15) is 11.8 Å². The van der Waals surface area contributed by atoms with Crippen molar-refractivity contribution in [3.05, 3.63) is 24.0 Å². The number of aliphatic hydroxyl groups excluding tert-OH is 1. The van der Waals surface area contributed by atoms with Gasteiger partial charge >= 0.3 is 0 Å². The van der Waals surface area contributed by atoms with Crippen molar-refractivity contribution < 1.29 is 5.11 Å². The van der Waals surface area contributed by atoms with E-state index in [4.69, 9.17) is 5.73 Å². The Morgan fingerprint density at radius 2 is 2.14 bits per heavy atom. The SMILES string of the molecule is CSC1(Cn2c(C(C)O)nc3cc(N)ccc32)CCCC1. The zero-order valence-electron chi connectivity index (χ0n) is 12.7. The highest BCUT2D eigenvalue weighted by Gasteiger charge is 2.34. The smallest absolute Gasteiger partial charge is 0.138 e. The monoisotopic (exact) mass is 305 g/mol. The van der Waals surface area contributed by atoms with Crippen molar-refractivity contribution in [1.29, 1.82) is 0 Å². The quantitative estimate of drug-likeness (QED) is 0.850. The number of thioether (sulfide) groups is 1. The van der Waals surface area contributed by atoms with Gasteiger partial charge in [0.1, 0.15) is 11.9 Å². The number of aromatic nitrogens is 2. The van der Waals surface area contributed by atoms with E-state index < -0.39 is 6.10 Å². The second kappa shape index (κ2) is 5.54. The van der Waals surface area contributed by atoms with Gasteiger partial charge in [0.05, 0.1) is 11.0 Å². The van der Waals surface area contributed by atoms with Crippen LogP contribution in [0.2, 0.25) is 0 Å². The molecule has 1 atom stereocenters. The average molecular weight is 305 g/mol. The molecule has 4 nitrogen and oxygen atoms in total. The van der Waals surface area contributed by atoms with Crippen LogP contribution in [0.15, 0.2) is 18.2 Å². The molecule has 1 aliphatic rings. The zero-order valence-corrected chi connectivity index (χ0v) is 13.5. The molecule has 1 aliphatic carbocycles. The predicted molar refractivity (Wildman–Crippen MR) is 89.5 cm³/mol. The minimum Gasteiger partial charge on any atom is -0.399 e. The number of fused-ring (bicyclic) bond motifs is 1. The summed E-state index contributed by atoms with van der Waals surface area (Å²) in [6.07, 6.45) is 6.70. The molecule has 0 radical (unpaired) electrons. The Balaban J connectivity index is 2.09. The van der Waals surface area contributed by atoms with Gasteiger partial charge in [0, 0.05) is 17.0 Å². The van der Waals surface area contributed by atoms with Crippen molar-refractivity contribution in [3.8, 4) is 0 Å². The molecule has 0 aliphatic heterocycles. The van der Waals surface area contributed by atoms with Gasteiger partial charge in [0.2, 0.25) is 0 Å². The van der Waals surface area contributed by atoms with Crippen molar-refractivity contribution >= 4 is 28.5 Å². The predicted octanol–water partition coefficient (Wildman–Crippen LogP) is 3.35. The van der Waals surface area contributed by atoms with Gasteiger partial charge in [-0.15, -0.1) is 0 Å². The van der Waals surface area contributed by atoms with Crippen LogP contribution in [0.1, 0.15) is 44.5 Å². The van der Waals surface area contributed by atoms with Gasteiger partial charge in [-0.05, 0) is 44.2 Å². The molecule has 1 unspecified atom stereocenters. The number of hydrogen-bond donors (Lipinski definition) is 2. The van der Waals surface area contributed by atoms with E-state index >= 15 is 0 Å². The van der Waals surface area contributed by atoms with Crippen molar-refractivity contribution in [2.24, 2.45) is 0 Å². The van der Waals surface area contributed by atoms with Gasteiger partial charge in [0.15, 0.2) is 0 Å². The van der Waals surface area contributed by atoms with Crippen LogP contribution in [0.4, 0.5) is 5.69 Å². The topological polar surface area (TPSA) is 64.1 Å². The number of nitrogen functional groups attached to an aromatic ring is 1. The summed E-state index contributed by atoms with van der Waals surface area (Å²) >= 11 is 1.96. The lowest BCUT2D eigenvalue weighted by Crippen LogP contribution is -2.28. The van der Waals surface area contributed by atoms with Crippen LogP contribution < -0.4 is 5.73 Å². The minimum atomic E-state index is -0.570. The number of imidazole rings is 1. The van der Waals surface area contributed by atoms with Crippen molar-refractivity contribution in [2.75, 3.05) is 12.0 Å². The van der Waals surface area contributed by atoms with Crippen LogP contribution >= 0.6 is 11.8 Å². The largest absolute Gasteiger partial charge is 0.399 e. The van der Waals surface area contributed by atoms with Crippen molar-refractivity contribution in [2.45, 2.75) is 50.0 Å². The second-order valence-electron chi connectivity index (χ2n) is 6.07. The fraction of sp³-hybridized carbons (Fsp3) is 0.562. The lowest BCUT2D eigenvalue weighted by molar-refractivity contribution is 0.183. The van der Waals surface area contributed by atoms with Gasteiger partial charge in [-0.25, -0.2) is 4.98 Å². The fourth-order valence-corrected chi connectivity index (χ4v) is 4.34. The average Bonchev–Trinajstić information content (AvgIpc) is 3.05. The lowest BCUT2D eigenvalue weighted by Gasteiger charge is -2.28. The maximum atomic E-state index is 10.1. The number of anilines is 1. The van der Waals surface area contributed by atoms with Crippen LogP contribution in [0.5, 0.6) is 0 Å². The van der Waals surface area contributed by atoms with Crippen LogP contribution in [0.3, 0.4) is 0 Å². The first kappa shape index (κ1) is 14.7. The highest BCUT2D eigenvalue weighted by Crippen LogP contribution is 2.42. The van der Waals surface area contributed by atoms with E-state index in [0.717, 1.165) is 23.4 Å². The Bertz CT molecular complexity index is 644. The molecule has 3 rings (SSSR count). The van der Waals surface area contributed by atoms with E-state index in [-0.39, 0.29) is 4.75 Å². The maximum Gasteiger partial charge on any atom is 0.138 e. The van der Waals surface area contributed by atoms with E-state index in [1.165, 1.54) is 25.7 Å². The van der Waals surface area contributed by atoms with Gasteiger partial charge in [-0.1, -0.05) is 12.8 Å². The summed E-state index contributed by atoms with van der Waals surface area (Å²) in [6.45, 7) is 2.69. The highest BCUT2D eigenvalue weighted by molar-refractivity contribution is 8.00. The van der Waals surface area contributed by atoms with Crippen molar-refractivity contribution in [1.82, 2.24) is 9.55 Å². The summed E-state index contributed by atoms with van der Waals surface area (Å²) in [6, 6.07) is 5.82. The number of aliphatic hydroxyl groups is 1. The molecule has 1 fully saturated rings. The molecule has 1 aromatic heterocycles. The zero-order chi connectivity index (χ0) is 15.0. The molecule has 0 bridgehead atoms. The maximum absolute atomic E-state index is 10.1. The number of benzene rings is 1. The Morgan fingerprint density at radius 3 is 2.76 bits per heavy atom. The molecule has 1 aromatic carbocycles. The lowest BCUT2D eigenvalue weighted by atomic mass is 10.1. The third-order valence-corrected chi connectivity index (χ3v) is 5.97. The van der Waals surface area contributed by atoms with Crippen LogP contribution in [0.25, 0.3) is 11.0 Å². The highest BCUT2D eigenvalue weighted by atomic mass is 32.2. The summed E-state index contributed by atoms with van der Waals surface area (Å²) < 4.78 is 2.47. The summed E-state index contributed by atoms with van der Waals surface area (Å²) in [4.78, 5) is 4.60. The Hall–Kier alpha value is -1.20. The van der Waals surface area contributed by atoms with Gasteiger partial charge < -0.3 is 15.4 Å². The van der Waals surface area contributed by atoms with Gasteiger partial charge in [0.25, 0.3) is 0 Å². The van der Waals surface area contributed by atoms with Gasteiger partial charge in [-0.3, -0.25) is 0 Å². The molecule has 114 valence electrons. The summed E-state index contributed by atoms with van der Waals surface area (Å²) in [7, 11) is 0. The first-order valence-corrected chi connectivity index (χ1v) is 8.76. The summed E-state index contributed by atoms with van der Waals surface area (Å²) in [5.41, 5.74) is 8.52. The third-order valence-electron chi connectivity index (χ3n) is 4.57. The fourth-order valence-electron chi connectivity index (χ4n) is 3.38. The van der Waals surface area contributed by atoms with Crippen LogP contribution in [-0.2, 0) is 6.54 Å². The third kappa shape index (κ3) is 2.64. The molecular formula is C16H23N3OS. The van der Waals surface area contributed by atoms with E-state index in [0.29, 0.717) is 5.69 Å². The van der Waals surface area contributed by atoms with E-state index in [1.54, 1.807) is 6.92 Å². The Morgan fingerprint density at radius 1 is 1.43 bits per heavy atom. The Labute approximate surface area is 129 Å². The normalized spacial score (nSPS) is 19.2. The number of rotatable bonds is 4. The molecule has 21 heavy (non-hydrogen) atoms. The summed E-state index contributed by atoms with van der Waals surface area (Å²) in [5.74, 6) is 0.746. The molecule has 0 amide bonds. The number of nitrogens with zero attached hydrogens (tertiary/aromatic N) is 2. The molecule has 1 saturated carbocycles. The molecule has 5 heteroatoms. The van der Waals surface area contributed by atoms with Crippen LogP contribution in [-0.4, -0.2) is 25.7 Å². The Kier molecular flexibility index (Phi) is 3.88. The van der Waals surface area contributed by atoms with Crippen molar-refractivity contribution in [3.63, 3.8) is 0 Å². The summed E-state index contributed by atoms with van der Waals surface area (Å²) in [5, 5.41) is 10.1. The number of nitrogens with two attached hydrogens (primary N) is 1. The minimum absolute atomic E-state index is 0.276. The molecule has 0 saturated heterocycles. The standard InChI is InChI=1S/C16H23N3OS/c1-11(20)15-18-13-9-12(17)5-6-14(13)19(15)10-16(21-2)7-3-4-8-16/h5-6,9,11,20H,3-4,7-8,10,17H2,1-2H3. The second-order valence-corrected chi connectivity index (χ2v) is 7.35. The molecular weight excluding hydrogens is 282 g/mol. The van der Waals surface area contributed by atoms with E-state index in [1.807, 2.05) is 30.0 Å². The van der Waals surface area contributed by atoms with Crippen LogP contribution in [0, 0.1) is 0 Å². The van der Waals surface area contributed by atoms with E-state index in [2.05, 4.69) is 15.8 Å². The molecule has 3 N–H and O–H groups in total. The first-order valence-electron chi connectivity index (χ1n) is 7.53.